The van der Waals surface area contributed by atoms with E-state index in [1.807, 2.05) is 37.3 Å². The van der Waals surface area contributed by atoms with Gasteiger partial charge in [0.25, 0.3) is 0 Å². The SMILES string of the molecule is COc1cccc(-n2cnnc2SCC(=O)NC(C)c2ccc(Cl)cc2Cl)c1. The summed E-state index contributed by atoms with van der Waals surface area (Å²) in [5.74, 6) is 0.787. The highest BCUT2D eigenvalue weighted by molar-refractivity contribution is 7.99. The lowest BCUT2D eigenvalue weighted by molar-refractivity contribution is -0.119. The predicted octanol–water partition coefficient (Wildman–Crippen LogP) is 4.55. The maximum Gasteiger partial charge on any atom is 0.230 e. The van der Waals surface area contributed by atoms with Crippen molar-refractivity contribution < 1.29 is 9.53 Å². The third-order valence-electron chi connectivity index (χ3n) is 3.99. The van der Waals surface area contributed by atoms with Gasteiger partial charge in [-0.25, -0.2) is 0 Å². The Hall–Kier alpha value is -2.22. The summed E-state index contributed by atoms with van der Waals surface area (Å²) in [5.41, 5.74) is 1.66. The Balaban J connectivity index is 1.63. The van der Waals surface area contributed by atoms with Crippen LogP contribution in [0.2, 0.25) is 10.0 Å². The highest BCUT2D eigenvalue weighted by Gasteiger charge is 2.15. The first-order valence-electron chi connectivity index (χ1n) is 8.39. The van der Waals surface area contributed by atoms with Crippen LogP contribution in [-0.4, -0.2) is 33.5 Å². The fourth-order valence-electron chi connectivity index (χ4n) is 2.60. The predicted molar refractivity (Wildman–Crippen MR) is 112 cm³/mol. The fraction of sp³-hybridized carbons (Fsp3) is 0.211. The van der Waals surface area contributed by atoms with Crippen LogP contribution in [-0.2, 0) is 4.79 Å². The molecule has 28 heavy (non-hydrogen) atoms. The van der Waals surface area contributed by atoms with Crippen molar-refractivity contribution in [2.24, 2.45) is 0 Å². The first kappa shape index (κ1) is 20.5. The third kappa shape index (κ3) is 4.98. The lowest BCUT2D eigenvalue weighted by atomic mass is 10.1. The van der Waals surface area contributed by atoms with Gasteiger partial charge in [0.05, 0.1) is 24.6 Å². The van der Waals surface area contributed by atoms with Crippen LogP contribution >= 0.6 is 35.0 Å². The number of carbonyl (C=O) groups is 1. The zero-order chi connectivity index (χ0) is 20.1. The molecule has 9 heteroatoms. The summed E-state index contributed by atoms with van der Waals surface area (Å²) in [5, 5.41) is 12.7. The number of benzene rings is 2. The standard InChI is InChI=1S/C19H18Cl2N4O2S/c1-12(16-7-6-13(20)8-17(16)21)23-18(26)10-28-19-24-22-11-25(19)14-4-3-5-15(9-14)27-2/h3-9,11-12H,10H2,1-2H3,(H,23,26). The lowest BCUT2D eigenvalue weighted by Crippen LogP contribution is -2.28. The monoisotopic (exact) mass is 436 g/mol. The van der Waals surface area contributed by atoms with Crippen molar-refractivity contribution >= 4 is 40.9 Å². The molecular weight excluding hydrogens is 419 g/mol. The first-order valence-corrected chi connectivity index (χ1v) is 10.1. The molecule has 3 aromatic rings. The summed E-state index contributed by atoms with van der Waals surface area (Å²) in [4.78, 5) is 12.4. The lowest BCUT2D eigenvalue weighted by Gasteiger charge is -2.16. The number of methoxy groups -OCH3 is 1. The van der Waals surface area contributed by atoms with Gasteiger partial charge in [-0.05, 0) is 36.8 Å². The van der Waals surface area contributed by atoms with Gasteiger partial charge in [0.1, 0.15) is 12.1 Å². The number of thioether (sulfide) groups is 1. The molecule has 1 unspecified atom stereocenters. The van der Waals surface area contributed by atoms with Gasteiger partial charge in [0.2, 0.25) is 5.91 Å². The molecule has 0 spiro atoms. The molecule has 0 bridgehead atoms. The maximum absolute atomic E-state index is 12.4. The summed E-state index contributed by atoms with van der Waals surface area (Å²) < 4.78 is 7.06. The molecular formula is C19H18Cl2N4O2S. The van der Waals surface area contributed by atoms with Crippen molar-refractivity contribution in [3.8, 4) is 11.4 Å². The number of nitrogens with zero attached hydrogens (tertiary/aromatic N) is 3. The second-order valence-corrected chi connectivity index (χ2v) is 7.71. The molecule has 0 aliphatic rings. The van der Waals surface area contributed by atoms with Gasteiger partial charge >= 0.3 is 0 Å². The van der Waals surface area contributed by atoms with Crippen LogP contribution in [0, 0.1) is 0 Å². The molecule has 3 rings (SSSR count). The van der Waals surface area contributed by atoms with Gasteiger partial charge < -0.3 is 10.1 Å². The minimum atomic E-state index is -0.242. The van der Waals surface area contributed by atoms with E-state index in [4.69, 9.17) is 27.9 Å². The van der Waals surface area contributed by atoms with E-state index in [1.54, 1.807) is 30.1 Å². The van der Waals surface area contributed by atoms with Gasteiger partial charge in [-0.3, -0.25) is 9.36 Å². The average Bonchev–Trinajstić information content (AvgIpc) is 3.15. The van der Waals surface area contributed by atoms with Crippen LogP contribution in [0.3, 0.4) is 0 Å². The first-order chi connectivity index (χ1) is 13.5. The molecule has 0 fully saturated rings. The van der Waals surface area contributed by atoms with Crippen LogP contribution in [0.15, 0.2) is 53.9 Å². The summed E-state index contributed by atoms with van der Waals surface area (Å²) in [6, 6.07) is 12.5. The number of aromatic nitrogens is 3. The van der Waals surface area contributed by atoms with Crippen molar-refractivity contribution in [1.29, 1.82) is 0 Å². The zero-order valence-electron chi connectivity index (χ0n) is 15.2. The normalized spacial score (nSPS) is 11.9. The summed E-state index contributed by atoms with van der Waals surface area (Å²) in [7, 11) is 1.61. The molecule has 0 radical (unpaired) electrons. The van der Waals surface area contributed by atoms with Crippen molar-refractivity contribution in [2.75, 3.05) is 12.9 Å². The van der Waals surface area contributed by atoms with Crippen LogP contribution in [0.5, 0.6) is 5.75 Å². The Labute approximate surface area is 177 Å². The van der Waals surface area contributed by atoms with Gasteiger partial charge in [0, 0.05) is 16.1 Å². The van der Waals surface area contributed by atoms with Crippen LogP contribution < -0.4 is 10.1 Å². The minimum Gasteiger partial charge on any atom is -0.497 e. The number of hydrogen-bond acceptors (Lipinski definition) is 5. The fourth-order valence-corrected chi connectivity index (χ4v) is 3.92. The highest BCUT2D eigenvalue weighted by atomic mass is 35.5. The van der Waals surface area contributed by atoms with E-state index < -0.39 is 0 Å². The van der Waals surface area contributed by atoms with E-state index in [-0.39, 0.29) is 17.7 Å². The minimum absolute atomic E-state index is 0.135. The van der Waals surface area contributed by atoms with E-state index in [0.717, 1.165) is 17.0 Å². The molecule has 0 saturated carbocycles. The van der Waals surface area contributed by atoms with Gasteiger partial charge in [-0.15, -0.1) is 10.2 Å². The maximum atomic E-state index is 12.4. The Kier molecular flexibility index (Phi) is 6.83. The van der Waals surface area contributed by atoms with E-state index in [2.05, 4.69) is 15.5 Å². The van der Waals surface area contributed by atoms with Crippen LogP contribution in [0.1, 0.15) is 18.5 Å². The van der Waals surface area contributed by atoms with Crippen LogP contribution in [0.25, 0.3) is 5.69 Å². The van der Waals surface area contributed by atoms with Crippen molar-refractivity contribution in [2.45, 2.75) is 18.1 Å². The number of nitrogens with one attached hydrogen (secondary N) is 1. The highest BCUT2D eigenvalue weighted by Crippen LogP contribution is 2.27. The molecule has 1 amide bonds. The average molecular weight is 437 g/mol. The third-order valence-corrected chi connectivity index (χ3v) is 5.49. The van der Waals surface area contributed by atoms with Gasteiger partial charge in [-0.1, -0.05) is 47.1 Å². The summed E-state index contributed by atoms with van der Waals surface area (Å²) >= 11 is 13.4. The van der Waals surface area contributed by atoms with E-state index in [1.165, 1.54) is 11.8 Å². The zero-order valence-corrected chi connectivity index (χ0v) is 17.6. The number of amides is 1. The van der Waals surface area contributed by atoms with E-state index in [0.29, 0.717) is 15.2 Å². The summed E-state index contributed by atoms with van der Waals surface area (Å²) in [6.45, 7) is 1.87. The van der Waals surface area contributed by atoms with E-state index >= 15 is 0 Å². The second kappa shape index (κ2) is 9.32. The number of carbonyl (C=O) groups excluding carboxylic acids is 1. The van der Waals surface area contributed by atoms with Crippen LogP contribution in [0.4, 0.5) is 0 Å². The van der Waals surface area contributed by atoms with Crippen molar-refractivity contribution in [3.05, 3.63) is 64.4 Å². The Morgan fingerprint density at radius 1 is 1.29 bits per heavy atom. The number of hydrogen-bond donors (Lipinski definition) is 1. The molecule has 1 aromatic heterocycles. The Morgan fingerprint density at radius 3 is 2.86 bits per heavy atom. The Bertz CT molecular complexity index is 980. The number of halogens is 2. The quantitative estimate of drug-likeness (QED) is 0.550. The number of rotatable bonds is 7. The molecule has 1 heterocycles. The number of ether oxygens (including phenoxy) is 1. The molecule has 1 atom stereocenters. The van der Waals surface area contributed by atoms with E-state index in [9.17, 15) is 4.79 Å². The van der Waals surface area contributed by atoms with Crippen molar-refractivity contribution in [3.63, 3.8) is 0 Å². The largest absolute Gasteiger partial charge is 0.497 e. The topological polar surface area (TPSA) is 69.0 Å². The van der Waals surface area contributed by atoms with Crippen molar-refractivity contribution in [1.82, 2.24) is 20.1 Å². The molecule has 1 N–H and O–H groups in total. The molecule has 0 aliphatic carbocycles. The van der Waals surface area contributed by atoms with Gasteiger partial charge in [0.15, 0.2) is 5.16 Å². The molecule has 0 aliphatic heterocycles. The smallest absolute Gasteiger partial charge is 0.230 e. The summed E-state index contributed by atoms with van der Waals surface area (Å²) in [6.07, 6.45) is 1.60. The Morgan fingerprint density at radius 2 is 2.11 bits per heavy atom. The molecule has 0 saturated heterocycles. The molecule has 6 nitrogen and oxygen atoms in total. The molecule has 2 aromatic carbocycles. The second-order valence-electron chi connectivity index (χ2n) is 5.93. The van der Waals surface area contributed by atoms with Gasteiger partial charge in [-0.2, -0.15) is 0 Å². The molecule has 146 valence electrons.